The first-order chi connectivity index (χ1) is 7.65. The highest BCUT2D eigenvalue weighted by Crippen LogP contribution is 2.24. The predicted octanol–water partition coefficient (Wildman–Crippen LogP) is 1.85. The molecular weight excluding hydrogens is 200 g/mol. The molecule has 86 valence electrons. The van der Waals surface area contributed by atoms with Crippen molar-refractivity contribution in [2.75, 3.05) is 5.32 Å². The van der Waals surface area contributed by atoms with Gasteiger partial charge in [0, 0.05) is 11.7 Å². The van der Waals surface area contributed by atoms with Crippen LogP contribution in [0.1, 0.15) is 30.9 Å². The first kappa shape index (κ1) is 11.1. The quantitative estimate of drug-likeness (QED) is 0.810. The van der Waals surface area contributed by atoms with Crippen LogP contribution in [0.3, 0.4) is 0 Å². The Morgan fingerprint density at radius 2 is 2.31 bits per heavy atom. The number of benzene rings is 1. The Morgan fingerprint density at radius 3 is 3.06 bits per heavy atom. The molecule has 1 aromatic carbocycles. The average molecular weight is 218 g/mol. The van der Waals surface area contributed by atoms with Crippen LogP contribution < -0.4 is 11.1 Å². The third-order valence-electron chi connectivity index (χ3n) is 2.92. The number of amides is 1. The Bertz CT molecular complexity index is 399. The number of fused-ring (bicyclic) bond motifs is 1. The van der Waals surface area contributed by atoms with Gasteiger partial charge >= 0.3 is 0 Å². The predicted molar refractivity (Wildman–Crippen MR) is 65.4 cm³/mol. The van der Waals surface area contributed by atoms with Crippen LogP contribution in [0.5, 0.6) is 0 Å². The fourth-order valence-electron chi connectivity index (χ4n) is 2.07. The van der Waals surface area contributed by atoms with E-state index in [2.05, 4.69) is 17.4 Å². The lowest BCUT2D eigenvalue weighted by Gasteiger charge is -2.06. The number of rotatable bonds is 4. The molecule has 16 heavy (non-hydrogen) atoms. The van der Waals surface area contributed by atoms with Crippen molar-refractivity contribution in [1.82, 2.24) is 0 Å². The van der Waals surface area contributed by atoms with Crippen LogP contribution in [0.25, 0.3) is 0 Å². The number of carbonyl (C=O) groups excluding carboxylic acids is 1. The minimum atomic E-state index is 0.0998. The van der Waals surface area contributed by atoms with E-state index in [0.29, 0.717) is 6.42 Å². The number of nitrogens with two attached hydrogens (primary N) is 1. The maximum Gasteiger partial charge on any atom is 0.228 e. The topological polar surface area (TPSA) is 55.1 Å². The van der Waals surface area contributed by atoms with Crippen LogP contribution in [-0.2, 0) is 17.6 Å². The van der Waals surface area contributed by atoms with E-state index in [9.17, 15) is 4.79 Å². The van der Waals surface area contributed by atoms with Gasteiger partial charge in [0.25, 0.3) is 0 Å². The molecule has 0 bridgehead atoms. The zero-order chi connectivity index (χ0) is 11.5. The molecule has 1 aliphatic heterocycles. The summed E-state index contributed by atoms with van der Waals surface area (Å²) in [6.07, 6.45) is 3.73. The first-order valence-corrected chi connectivity index (χ1v) is 5.82. The molecule has 0 saturated heterocycles. The monoisotopic (exact) mass is 218 g/mol. The SMILES string of the molecule is CC(N)CCCc1ccc2c(c1)CC(=O)N2. The second-order valence-electron chi connectivity index (χ2n) is 4.59. The van der Waals surface area contributed by atoms with E-state index in [-0.39, 0.29) is 11.9 Å². The lowest BCUT2D eigenvalue weighted by atomic mass is 10.0. The summed E-state index contributed by atoms with van der Waals surface area (Å²) in [5.74, 6) is 0.0998. The molecule has 0 spiro atoms. The van der Waals surface area contributed by atoms with Crippen molar-refractivity contribution in [3.63, 3.8) is 0 Å². The largest absolute Gasteiger partial charge is 0.328 e. The highest BCUT2D eigenvalue weighted by molar-refractivity contribution is 5.99. The lowest BCUT2D eigenvalue weighted by Crippen LogP contribution is -2.14. The van der Waals surface area contributed by atoms with Gasteiger partial charge in [-0.2, -0.15) is 0 Å². The van der Waals surface area contributed by atoms with Crippen LogP contribution >= 0.6 is 0 Å². The third-order valence-corrected chi connectivity index (χ3v) is 2.92. The second kappa shape index (κ2) is 4.66. The highest BCUT2D eigenvalue weighted by atomic mass is 16.1. The summed E-state index contributed by atoms with van der Waals surface area (Å²) in [7, 11) is 0. The number of hydrogen-bond donors (Lipinski definition) is 2. The molecule has 2 rings (SSSR count). The van der Waals surface area contributed by atoms with E-state index in [1.807, 2.05) is 13.0 Å². The average Bonchev–Trinajstić information content (AvgIpc) is 2.56. The summed E-state index contributed by atoms with van der Waals surface area (Å²) in [6, 6.07) is 6.50. The van der Waals surface area contributed by atoms with Crippen LogP contribution in [-0.4, -0.2) is 11.9 Å². The van der Waals surface area contributed by atoms with Gasteiger partial charge in [-0.25, -0.2) is 0 Å². The maximum absolute atomic E-state index is 11.2. The lowest BCUT2D eigenvalue weighted by molar-refractivity contribution is -0.115. The van der Waals surface area contributed by atoms with Gasteiger partial charge < -0.3 is 11.1 Å². The van der Waals surface area contributed by atoms with Crippen LogP contribution in [0, 0.1) is 0 Å². The number of anilines is 1. The Kier molecular flexibility index (Phi) is 3.25. The van der Waals surface area contributed by atoms with Gasteiger partial charge in [0.05, 0.1) is 6.42 Å². The summed E-state index contributed by atoms with van der Waals surface area (Å²) < 4.78 is 0. The molecule has 1 amide bonds. The van der Waals surface area contributed by atoms with Crippen molar-refractivity contribution in [2.45, 2.75) is 38.6 Å². The Hall–Kier alpha value is -1.35. The summed E-state index contributed by atoms with van der Waals surface area (Å²) in [5, 5.41) is 2.84. The number of carbonyl (C=O) groups is 1. The van der Waals surface area contributed by atoms with Gasteiger partial charge in [-0.05, 0) is 43.4 Å². The fourth-order valence-corrected chi connectivity index (χ4v) is 2.07. The highest BCUT2D eigenvalue weighted by Gasteiger charge is 2.17. The fraction of sp³-hybridized carbons (Fsp3) is 0.462. The van der Waals surface area contributed by atoms with Crippen LogP contribution in [0.15, 0.2) is 18.2 Å². The van der Waals surface area contributed by atoms with Crippen molar-refractivity contribution in [2.24, 2.45) is 5.73 Å². The molecule has 1 aromatic rings. The number of aryl methyl sites for hydroxylation is 1. The molecule has 0 aliphatic carbocycles. The summed E-state index contributed by atoms with van der Waals surface area (Å²) >= 11 is 0. The van der Waals surface area contributed by atoms with Crippen molar-refractivity contribution >= 4 is 11.6 Å². The Morgan fingerprint density at radius 1 is 1.50 bits per heavy atom. The summed E-state index contributed by atoms with van der Waals surface area (Å²) in [4.78, 5) is 11.2. The minimum Gasteiger partial charge on any atom is -0.328 e. The summed E-state index contributed by atoms with van der Waals surface area (Å²) in [5.41, 5.74) is 9.11. The molecule has 0 fully saturated rings. The molecule has 3 nitrogen and oxygen atoms in total. The van der Waals surface area contributed by atoms with Crippen LogP contribution in [0.2, 0.25) is 0 Å². The van der Waals surface area contributed by atoms with Crippen molar-refractivity contribution in [3.8, 4) is 0 Å². The van der Waals surface area contributed by atoms with Gasteiger partial charge in [0.2, 0.25) is 5.91 Å². The molecule has 0 saturated carbocycles. The molecule has 1 heterocycles. The molecule has 1 aliphatic rings. The van der Waals surface area contributed by atoms with E-state index in [1.54, 1.807) is 0 Å². The smallest absolute Gasteiger partial charge is 0.228 e. The normalized spacial score (nSPS) is 15.8. The van der Waals surface area contributed by atoms with E-state index in [4.69, 9.17) is 5.73 Å². The minimum absolute atomic E-state index is 0.0998. The Labute approximate surface area is 96.0 Å². The van der Waals surface area contributed by atoms with Crippen molar-refractivity contribution in [3.05, 3.63) is 29.3 Å². The zero-order valence-corrected chi connectivity index (χ0v) is 9.62. The molecular formula is C13H18N2O. The van der Waals surface area contributed by atoms with Crippen molar-refractivity contribution < 1.29 is 4.79 Å². The number of hydrogen-bond acceptors (Lipinski definition) is 2. The van der Waals surface area contributed by atoms with E-state index in [0.717, 1.165) is 30.5 Å². The number of nitrogens with one attached hydrogen (secondary N) is 1. The first-order valence-electron chi connectivity index (χ1n) is 5.82. The molecule has 0 radical (unpaired) electrons. The van der Waals surface area contributed by atoms with Crippen LogP contribution in [0.4, 0.5) is 5.69 Å². The molecule has 1 unspecified atom stereocenters. The zero-order valence-electron chi connectivity index (χ0n) is 9.62. The third kappa shape index (κ3) is 2.61. The maximum atomic E-state index is 11.2. The molecule has 1 atom stereocenters. The van der Waals surface area contributed by atoms with Gasteiger partial charge in [-0.3, -0.25) is 4.79 Å². The standard InChI is InChI=1S/C13H18N2O/c1-9(14)3-2-4-10-5-6-12-11(7-10)8-13(16)15-12/h5-7,9H,2-4,8,14H2,1H3,(H,15,16). The molecule has 0 aromatic heterocycles. The molecule has 3 heteroatoms. The van der Waals surface area contributed by atoms with Crippen molar-refractivity contribution in [1.29, 1.82) is 0 Å². The van der Waals surface area contributed by atoms with E-state index >= 15 is 0 Å². The van der Waals surface area contributed by atoms with E-state index in [1.165, 1.54) is 5.56 Å². The second-order valence-corrected chi connectivity index (χ2v) is 4.59. The van der Waals surface area contributed by atoms with Gasteiger partial charge in [-0.15, -0.1) is 0 Å². The Balaban J connectivity index is 1.97. The van der Waals surface area contributed by atoms with E-state index < -0.39 is 0 Å². The van der Waals surface area contributed by atoms with Gasteiger partial charge in [0.15, 0.2) is 0 Å². The van der Waals surface area contributed by atoms with Gasteiger partial charge in [-0.1, -0.05) is 12.1 Å². The van der Waals surface area contributed by atoms with Gasteiger partial charge in [0.1, 0.15) is 0 Å². The molecule has 3 N–H and O–H groups in total. The summed E-state index contributed by atoms with van der Waals surface area (Å²) in [6.45, 7) is 2.03.